The maximum absolute atomic E-state index is 12.2. The van der Waals surface area contributed by atoms with Crippen molar-refractivity contribution >= 4 is 45.3 Å². The zero-order valence-corrected chi connectivity index (χ0v) is 20.3. The van der Waals surface area contributed by atoms with Crippen molar-refractivity contribution in [3.8, 4) is 33.8 Å². The Morgan fingerprint density at radius 3 is 2.70 bits per heavy atom. The number of rotatable bonds is 5. The molecule has 0 atom stereocenters. The number of pyridine rings is 2. The average molecular weight is 506 g/mol. The van der Waals surface area contributed by atoms with E-state index >= 15 is 0 Å². The molecule has 0 spiro atoms. The standard InChI is InChI=1S/C28H20ClN7O/c29-19-4-1-3-16(9-19)21-5-2-6-23-24(21)34-27(33-23)25-22-11-18(13-31-26(22)36-35-25)17-10-20(14-30-12-17)32-28(37)15-7-8-15/h1-6,9-15H,7-8H2,(H,32,37)(H,33,34)(H,31,35,36). The molecule has 1 aliphatic carbocycles. The van der Waals surface area contributed by atoms with Gasteiger partial charge in [-0.3, -0.25) is 14.9 Å². The van der Waals surface area contributed by atoms with Gasteiger partial charge in [-0.2, -0.15) is 5.10 Å². The van der Waals surface area contributed by atoms with Gasteiger partial charge in [-0.1, -0.05) is 35.9 Å². The van der Waals surface area contributed by atoms with E-state index in [0.717, 1.165) is 57.2 Å². The second kappa shape index (κ2) is 8.53. The number of nitrogens with one attached hydrogen (secondary N) is 3. The summed E-state index contributed by atoms with van der Waals surface area (Å²) in [5.74, 6) is 0.833. The Morgan fingerprint density at radius 1 is 0.973 bits per heavy atom. The number of imidazole rings is 1. The molecule has 3 N–H and O–H groups in total. The van der Waals surface area contributed by atoms with Crippen LogP contribution < -0.4 is 5.32 Å². The third-order valence-electron chi connectivity index (χ3n) is 6.58. The first-order chi connectivity index (χ1) is 18.1. The summed E-state index contributed by atoms with van der Waals surface area (Å²) in [6, 6.07) is 17.7. The number of hydrogen-bond donors (Lipinski definition) is 3. The van der Waals surface area contributed by atoms with E-state index in [4.69, 9.17) is 16.6 Å². The molecule has 4 heterocycles. The van der Waals surface area contributed by atoms with Crippen LogP contribution >= 0.6 is 11.6 Å². The van der Waals surface area contributed by atoms with Gasteiger partial charge in [0.25, 0.3) is 0 Å². The number of amides is 1. The van der Waals surface area contributed by atoms with Gasteiger partial charge in [0.05, 0.1) is 28.3 Å². The SMILES string of the molecule is O=C(Nc1cncc(-c2cnc3n[nH]c(-c4nc5c(-c6cccc(Cl)c6)cccc5[nH]4)c3c2)c1)C1CC1. The summed E-state index contributed by atoms with van der Waals surface area (Å²) in [4.78, 5) is 29.4. The summed E-state index contributed by atoms with van der Waals surface area (Å²) in [6.45, 7) is 0. The number of nitrogens with zero attached hydrogens (tertiary/aromatic N) is 4. The number of aromatic amines is 2. The number of aromatic nitrogens is 6. The number of carbonyl (C=O) groups excluding carboxylic acids is 1. The number of hydrogen-bond acceptors (Lipinski definition) is 5. The first kappa shape index (κ1) is 21.7. The van der Waals surface area contributed by atoms with E-state index in [1.54, 1.807) is 18.6 Å². The van der Waals surface area contributed by atoms with Crippen LogP contribution in [0.2, 0.25) is 5.02 Å². The minimum absolute atomic E-state index is 0.0478. The molecule has 1 amide bonds. The maximum atomic E-state index is 12.2. The minimum Gasteiger partial charge on any atom is -0.337 e. The number of benzene rings is 2. The van der Waals surface area contributed by atoms with Crippen molar-refractivity contribution in [2.24, 2.45) is 5.92 Å². The van der Waals surface area contributed by atoms with Gasteiger partial charge in [-0.25, -0.2) is 9.97 Å². The Labute approximate surface area is 216 Å². The highest BCUT2D eigenvalue weighted by Gasteiger charge is 2.29. The predicted octanol–water partition coefficient (Wildman–Crippen LogP) is 6.23. The van der Waals surface area contributed by atoms with E-state index in [0.29, 0.717) is 22.2 Å². The molecule has 2 aromatic carbocycles. The summed E-state index contributed by atoms with van der Waals surface area (Å²) in [5.41, 5.74) is 7.44. The topological polar surface area (TPSA) is 112 Å². The van der Waals surface area contributed by atoms with Crippen molar-refractivity contribution in [2.75, 3.05) is 5.32 Å². The fourth-order valence-electron chi connectivity index (χ4n) is 4.53. The number of para-hydroxylation sites is 1. The van der Waals surface area contributed by atoms with E-state index in [-0.39, 0.29) is 11.8 Å². The first-order valence-electron chi connectivity index (χ1n) is 12.0. The van der Waals surface area contributed by atoms with Crippen LogP contribution in [0.15, 0.2) is 73.2 Å². The molecule has 0 saturated heterocycles. The molecule has 4 aromatic heterocycles. The van der Waals surface area contributed by atoms with Crippen LogP contribution in [-0.4, -0.2) is 36.0 Å². The Morgan fingerprint density at radius 2 is 1.84 bits per heavy atom. The van der Waals surface area contributed by atoms with Crippen LogP contribution in [0, 0.1) is 5.92 Å². The number of carbonyl (C=O) groups is 1. The van der Waals surface area contributed by atoms with Crippen LogP contribution in [-0.2, 0) is 4.79 Å². The smallest absolute Gasteiger partial charge is 0.227 e. The first-order valence-corrected chi connectivity index (χ1v) is 12.4. The monoisotopic (exact) mass is 505 g/mol. The normalized spacial score (nSPS) is 13.3. The van der Waals surface area contributed by atoms with Crippen molar-refractivity contribution in [1.29, 1.82) is 0 Å². The molecule has 0 unspecified atom stereocenters. The largest absolute Gasteiger partial charge is 0.337 e. The van der Waals surface area contributed by atoms with Gasteiger partial charge in [0.1, 0.15) is 5.69 Å². The fourth-order valence-corrected chi connectivity index (χ4v) is 4.72. The van der Waals surface area contributed by atoms with Gasteiger partial charge in [-0.15, -0.1) is 0 Å². The van der Waals surface area contributed by atoms with E-state index in [1.807, 2.05) is 54.6 Å². The highest BCUT2D eigenvalue weighted by Crippen LogP contribution is 2.34. The molecular weight excluding hydrogens is 486 g/mol. The number of fused-ring (bicyclic) bond motifs is 2. The zero-order valence-electron chi connectivity index (χ0n) is 19.5. The summed E-state index contributed by atoms with van der Waals surface area (Å²) in [7, 11) is 0. The highest BCUT2D eigenvalue weighted by molar-refractivity contribution is 6.30. The third-order valence-corrected chi connectivity index (χ3v) is 6.82. The lowest BCUT2D eigenvalue weighted by Gasteiger charge is -2.06. The third kappa shape index (κ3) is 4.01. The lowest BCUT2D eigenvalue weighted by molar-refractivity contribution is -0.117. The molecule has 7 rings (SSSR count). The maximum Gasteiger partial charge on any atom is 0.227 e. The summed E-state index contributed by atoms with van der Waals surface area (Å²) >= 11 is 6.24. The van der Waals surface area contributed by atoms with Crippen molar-refractivity contribution in [2.45, 2.75) is 12.8 Å². The second-order valence-electron chi connectivity index (χ2n) is 9.22. The van der Waals surface area contributed by atoms with Crippen LogP contribution in [0.5, 0.6) is 0 Å². The van der Waals surface area contributed by atoms with Gasteiger partial charge in [0.2, 0.25) is 5.91 Å². The van der Waals surface area contributed by atoms with Crippen molar-refractivity contribution < 1.29 is 4.79 Å². The molecule has 37 heavy (non-hydrogen) atoms. The van der Waals surface area contributed by atoms with E-state index in [9.17, 15) is 4.79 Å². The van der Waals surface area contributed by atoms with Crippen LogP contribution in [0.3, 0.4) is 0 Å². The Kier molecular flexibility index (Phi) is 5.00. The lowest BCUT2D eigenvalue weighted by Crippen LogP contribution is -2.13. The molecule has 1 saturated carbocycles. The molecule has 6 aromatic rings. The van der Waals surface area contributed by atoms with Crippen LogP contribution in [0.1, 0.15) is 12.8 Å². The molecular formula is C28H20ClN7O. The van der Waals surface area contributed by atoms with Gasteiger partial charge < -0.3 is 10.3 Å². The van der Waals surface area contributed by atoms with Gasteiger partial charge >= 0.3 is 0 Å². The number of halogens is 1. The van der Waals surface area contributed by atoms with E-state index < -0.39 is 0 Å². The molecule has 0 radical (unpaired) electrons. The summed E-state index contributed by atoms with van der Waals surface area (Å²) < 4.78 is 0. The van der Waals surface area contributed by atoms with Crippen molar-refractivity contribution in [3.05, 3.63) is 78.2 Å². The lowest BCUT2D eigenvalue weighted by atomic mass is 10.0. The minimum atomic E-state index is 0.0478. The molecule has 1 fully saturated rings. The van der Waals surface area contributed by atoms with Crippen LogP contribution in [0.4, 0.5) is 5.69 Å². The second-order valence-corrected chi connectivity index (χ2v) is 9.65. The summed E-state index contributed by atoms with van der Waals surface area (Å²) in [6.07, 6.45) is 7.07. The summed E-state index contributed by atoms with van der Waals surface area (Å²) in [5, 5.41) is 11.9. The predicted molar refractivity (Wildman–Crippen MR) is 144 cm³/mol. The quantitative estimate of drug-likeness (QED) is 0.257. The van der Waals surface area contributed by atoms with Crippen LogP contribution in [0.25, 0.3) is 55.8 Å². The molecule has 9 heteroatoms. The van der Waals surface area contributed by atoms with Gasteiger partial charge in [0, 0.05) is 40.0 Å². The Balaban J connectivity index is 1.28. The average Bonchev–Trinajstić information content (AvgIpc) is 3.55. The molecule has 1 aliphatic rings. The zero-order chi connectivity index (χ0) is 24.9. The number of anilines is 1. The van der Waals surface area contributed by atoms with Gasteiger partial charge in [-0.05, 0) is 48.7 Å². The van der Waals surface area contributed by atoms with E-state index in [1.165, 1.54) is 0 Å². The molecule has 0 aliphatic heterocycles. The van der Waals surface area contributed by atoms with Gasteiger partial charge in [0.15, 0.2) is 11.5 Å². The Hall–Kier alpha value is -4.56. The fraction of sp³-hybridized carbons (Fsp3) is 0.107. The highest BCUT2D eigenvalue weighted by atomic mass is 35.5. The Bertz CT molecular complexity index is 1820. The molecule has 180 valence electrons. The van der Waals surface area contributed by atoms with Crippen molar-refractivity contribution in [3.63, 3.8) is 0 Å². The number of H-pyrrole nitrogens is 2. The molecule has 8 nitrogen and oxygen atoms in total. The van der Waals surface area contributed by atoms with Crippen molar-refractivity contribution in [1.82, 2.24) is 30.1 Å². The molecule has 0 bridgehead atoms. The van der Waals surface area contributed by atoms with E-state index in [2.05, 4.69) is 30.5 Å².